The van der Waals surface area contributed by atoms with Crippen molar-refractivity contribution < 1.29 is 24.2 Å². The molecule has 0 aromatic carbocycles. The zero-order valence-corrected chi connectivity index (χ0v) is 11.3. The number of anilines is 1. The number of nitrogens with zero attached hydrogens (tertiary/aromatic N) is 2. The highest BCUT2D eigenvalue weighted by Crippen LogP contribution is 2.17. The van der Waals surface area contributed by atoms with Gasteiger partial charge in [-0.15, -0.1) is 0 Å². The minimum absolute atomic E-state index is 0.177. The van der Waals surface area contributed by atoms with Crippen LogP contribution in [-0.2, 0) is 4.74 Å². The molecule has 0 radical (unpaired) electrons. The predicted molar refractivity (Wildman–Crippen MR) is 69.7 cm³/mol. The number of hydrogen-bond acceptors (Lipinski definition) is 6. The first-order valence-electron chi connectivity index (χ1n) is 5.64. The standard InChI is InChI=1S/C11H17BN2O5/c1-11(2,3)18-10(15)14(4)9-6-5-8(7-13-9)19-12(16)17/h5-7,16-17H,1-4H3. The molecule has 104 valence electrons. The van der Waals surface area contributed by atoms with E-state index in [0.717, 1.165) is 0 Å². The summed E-state index contributed by atoms with van der Waals surface area (Å²) in [5.41, 5.74) is -0.588. The molecule has 2 N–H and O–H groups in total. The molecule has 0 aliphatic carbocycles. The first-order valence-corrected chi connectivity index (χ1v) is 5.64. The Bertz CT molecular complexity index is 430. The maximum Gasteiger partial charge on any atom is 0.707 e. The Kier molecular flexibility index (Phi) is 4.74. The van der Waals surface area contributed by atoms with Crippen molar-refractivity contribution in [1.29, 1.82) is 0 Å². The summed E-state index contributed by atoms with van der Waals surface area (Å²) in [4.78, 5) is 17.0. The number of ether oxygens (including phenoxy) is 1. The summed E-state index contributed by atoms with van der Waals surface area (Å²) >= 11 is 0. The maximum atomic E-state index is 11.8. The Morgan fingerprint density at radius 2 is 2.00 bits per heavy atom. The maximum absolute atomic E-state index is 11.8. The second-order valence-electron chi connectivity index (χ2n) is 4.84. The van der Waals surface area contributed by atoms with Gasteiger partial charge in [-0.2, -0.15) is 0 Å². The van der Waals surface area contributed by atoms with Gasteiger partial charge in [0.05, 0.1) is 6.20 Å². The summed E-state index contributed by atoms with van der Waals surface area (Å²) < 4.78 is 9.79. The van der Waals surface area contributed by atoms with Gasteiger partial charge in [-0.3, -0.25) is 4.90 Å². The Hall–Kier alpha value is -1.80. The van der Waals surface area contributed by atoms with E-state index in [0.29, 0.717) is 5.82 Å². The zero-order valence-electron chi connectivity index (χ0n) is 11.3. The SMILES string of the molecule is CN(C(=O)OC(C)(C)C)c1ccc(OB(O)O)cn1. The molecular formula is C11H17BN2O5. The Labute approximate surface area is 112 Å². The summed E-state index contributed by atoms with van der Waals surface area (Å²) in [7, 11) is -0.381. The van der Waals surface area contributed by atoms with E-state index in [9.17, 15) is 4.79 Å². The van der Waals surface area contributed by atoms with Crippen LogP contribution in [0.5, 0.6) is 5.75 Å². The van der Waals surface area contributed by atoms with E-state index in [1.807, 2.05) is 0 Å². The average Bonchev–Trinajstić information content (AvgIpc) is 2.26. The van der Waals surface area contributed by atoms with E-state index in [1.165, 1.54) is 30.3 Å². The van der Waals surface area contributed by atoms with Crippen molar-refractivity contribution in [2.24, 2.45) is 0 Å². The molecule has 0 atom stereocenters. The third-order valence-electron chi connectivity index (χ3n) is 1.97. The van der Waals surface area contributed by atoms with Crippen LogP contribution in [0, 0.1) is 0 Å². The lowest BCUT2D eigenvalue weighted by molar-refractivity contribution is 0.0588. The van der Waals surface area contributed by atoms with Crippen LogP contribution < -0.4 is 9.55 Å². The van der Waals surface area contributed by atoms with Crippen molar-refractivity contribution >= 4 is 19.2 Å². The molecule has 1 aromatic rings. The lowest BCUT2D eigenvalue weighted by Crippen LogP contribution is -2.34. The minimum Gasteiger partial charge on any atom is -0.511 e. The number of amides is 1. The fourth-order valence-electron chi connectivity index (χ4n) is 1.19. The third-order valence-corrected chi connectivity index (χ3v) is 1.97. The van der Waals surface area contributed by atoms with E-state index in [4.69, 9.17) is 14.8 Å². The topological polar surface area (TPSA) is 92.1 Å². The fourth-order valence-corrected chi connectivity index (χ4v) is 1.19. The van der Waals surface area contributed by atoms with Crippen LogP contribution >= 0.6 is 0 Å². The summed E-state index contributed by atoms with van der Waals surface area (Å²) in [5.74, 6) is 0.533. The highest BCUT2D eigenvalue weighted by Gasteiger charge is 2.21. The molecule has 0 unspecified atom stereocenters. The fraction of sp³-hybridized carbons (Fsp3) is 0.455. The average molecular weight is 268 g/mol. The minimum atomic E-state index is -1.91. The van der Waals surface area contributed by atoms with Gasteiger partial charge in [0.25, 0.3) is 0 Å². The molecule has 0 bridgehead atoms. The van der Waals surface area contributed by atoms with Gasteiger partial charge in [0.2, 0.25) is 0 Å². The Morgan fingerprint density at radius 1 is 1.37 bits per heavy atom. The van der Waals surface area contributed by atoms with Crippen molar-refractivity contribution in [3.8, 4) is 5.75 Å². The van der Waals surface area contributed by atoms with Crippen LogP contribution in [0.3, 0.4) is 0 Å². The summed E-state index contributed by atoms with van der Waals surface area (Å²) in [6, 6.07) is 2.96. The number of hydrogen-bond donors (Lipinski definition) is 2. The van der Waals surface area contributed by atoms with E-state index in [-0.39, 0.29) is 5.75 Å². The second kappa shape index (κ2) is 5.90. The molecular weight excluding hydrogens is 251 g/mol. The van der Waals surface area contributed by atoms with Gasteiger partial charge in [0.15, 0.2) is 0 Å². The zero-order chi connectivity index (χ0) is 14.6. The largest absolute Gasteiger partial charge is 0.707 e. The van der Waals surface area contributed by atoms with Crippen LogP contribution in [0.25, 0.3) is 0 Å². The Balaban J connectivity index is 2.72. The van der Waals surface area contributed by atoms with Gasteiger partial charge in [-0.1, -0.05) is 0 Å². The van der Waals surface area contributed by atoms with Gasteiger partial charge in [-0.05, 0) is 32.9 Å². The molecule has 0 aliphatic rings. The van der Waals surface area contributed by atoms with Crippen LogP contribution in [0.2, 0.25) is 0 Å². The van der Waals surface area contributed by atoms with Crippen LogP contribution in [0.4, 0.5) is 10.6 Å². The molecule has 0 saturated carbocycles. The van der Waals surface area contributed by atoms with Gasteiger partial charge >= 0.3 is 13.4 Å². The molecule has 0 fully saturated rings. The first-order chi connectivity index (χ1) is 8.69. The van der Waals surface area contributed by atoms with Crippen molar-refractivity contribution in [3.63, 3.8) is 0 Å². The lowest BCUT2D eigenvalue weighted by Gasteiger charge is -2.24. The van der Waals surface area contributed by atoms with Crippen molar-refractivity contribution in [1.82, 2.24) is 4.98 Å². The number of carbonyl (C=O) groups is 1. The number of pyridine rings is 1. The summed E-state index contributed by atoms with van der Waals surface area (Å²) in [5, 5.41) is 17.2. The van der Waals surface area contributed by atoms with E-state index < -0.39 is 19.0 Å². The predicted octanol–water partition coefficient (Wildman–Crippen LogP) is 0.801. The second-order valence-corrected chi connectivity index (χ2v) is 4.84. The van der Waals surface area contributed by atoms with Gasteiger partial charge in [-0.25, -0.2) is 9.78 Å². The summed E-state index contributed by atoms with van der Waals surface area (Å²) in [6.45, 7) is 5.31. The molecule has 1 aromatic heterocycles. The first kappa shape index (κ1) is 15.3. The monoisotopic (exact) mass is 268 g/mol. The van der Waals surface area contributed by atoms with Gasteiger partial charge in [0, 0.05) is 7.05 Å². The number of aromatic nitrogens is 1. The molecule has 7 nitrogen and oxygen atoms in total. The lowest BCUT2D eigenvalue weighted by atomic mass is 10.2. The molecule has 1 rings (SSSR count). The number of carbonyl (C=O) groups excluding carboxylic acids is 1. The van der Waals surface area contributed by atoms with Crippen LogP contribution in [-0.4, -0.2) is 41.1 Å². The van der Waals surface area contributed by atoms with Gasteiger partial charge < -0.3 is 19.4 Å². The van der Waals surface area contributed by atoms with Crippen LogP contribution in [0.15, 0.2) is 18.3 Å². The molecule has 0 saturated heterocycles. The van der Waals surface area contributed by atoms with E-state index in [2.05, 4.69) is 9.64 Å². The van der Waals surface area contributed by atoms with Crippen molar-refractivity contribution in [3.05, 3.63) is 18.3 Å². The number of rotatable bonds is 3. The smallest absolute Gasteiger partial charge is 0.511 e. The molecule has 0 spiro atoms. The third kappa shape index (κ3) is 5.15. The van der Waals surface area contributed by atoms with Gasteiger partial charge in [0.1, 0.15) is 17.2 Å². The molecule has 19 heavy (non-hydrogen) atoms. The Morgan fingerprint density at radius 3 is 2.42 bits per heavy atom. The normalized spacial score (nSPS) is 10.8. The molecule has 1 heterocycles. The van der Waals surface area contributed by atoms with Crippen molar-refractivity contribution in [2.45, 2.75) is 26.4 Å². The highest BCUT2D eigenvalue weighted by atomic mass is 16.6. The van der Waals surface area contributed by atoms with Crippen LogP contribution in [0.1, 0.15) is 20.8 Å². The highest BCUT2D eigenvalue weighted by molar-refractivity contribution is 6.33. The van der Waals surface area contributed by atoms with E-state index >= 15 is 0 Å². The summed E-state index contributed by atoms with van der Waals surface area (Å²) in [6.07, 6.45) is 0.742. The molecule has 0 aliphatic heterocycles. The van der Waals surface area contributed by atoms with E-state index in [1.54, 1.807) is 20.8 Å². The molecule has 8 heteroatoms. The van der Waals surface area contributed by atoms with Crippen molar-refractivity contribution in [2.75, 3.05) is 11.9 Å². The quantitative estimate of drug-likeness (QED) is 0.788. The molecule has 1 amide bonds.